The number of carbonyl (C=O) groups is 2. The van der Waals surface area contributed by atoms with Gasteiger partial charge in [0.2, 0.25) is 0 Å². The van der Waals surface area contributed by atoms with Crippen LogP contribution in [-0.2, 0) is 9.59 Å². The topological polar surface area (TPSA) is 74.6 Å². The quantitative estimate of drug-likeness (QED) is 0.658. The van der Waals surface area contributed by atoms with Crippen molar-refractivity contribution in [1.29, 1.82) is 0 Å². The van der Waals surface area contributed by atoms with Gasteiger partial charge < -0.3 is 10.2 Å². The Hall–Kier alpha value is -2.62. The average Bonchev–Trinajstić information content (AvgIpc) is 2.45. The maximum absolute atomic E-state index is 11.9. The summed E-state index contributed by atoms with van der Waals surface area (Å²) in [4.78, 5) is 22.8. The smallest absolute Gasteiger partial charge is 0.303 e. The van der Waals surface area contributed by atoms with Gasteiger partial charge in [0.15, 0.2) is 5.78 Å². The first kappa shape index (κ1) is 14.8. The first-order valence-electron chi connectivity index (χ1n) is 6.67. The second kappa shape index (κ2) is 6.70. The minimum absolute atomic E-state index is 0.167. The van der Waals surface area contributed by atoms with E-state index in [1.54, 1.807) is 12.2 Å². The molecule has 0 fully saturated rings. The Morgan fingerprint density at radius 1 is 1.24 bits per heavy atom. The zero-order valence-corrected chi connectivity index (χ0v) is 11.4. The highest BCUT2D eigenvalue weighted by Crippen LogP contribution is 2.28. The number of rotatable bonds is 4. The second-order valence-electron chi connectivity index (χ2n) is 4.84. The fourth-order valence-electron chi connectivity index (χ4n) is 2.31. The molecule has 0 aliphatic heterocycles. The molecule has 0 saturated carbocycles. The first-order chi connectivity index (χ1) is 10.1. The van der Waals surface area contributed by atoms with Crippen LogP contribution in [0.2, 0.25) is 0 Å². The van der Waals surface area contributed by atoms with Crippen LogP contribution in [0.4, 0.5) is 0 Å². The van der Waals surface area contributed by atoms with E-state index in [2.05, 4.69) is 0 Å². The maximum Gasteiger partial charge on any atom is 0.303 e. The highest BCUT2D eigenvalue weighted by molar-refractivity contribution is 6.06. The van der Waals surface area contributed by atoms with Gasteiger partial charge in [0.05, 0.1) is 6.42 Å². The van der Waals surface area contributed by atoms with Crippen LogP contribution in [0.1, 0.15) is 18.4 Å². The summed E-state index contributed by atoms with van der Waals surface area (Å²) in [6.07, 6.45) is 6.42. The molecule has 0 spiro atoms. The van der Waals surface area contributed by atoms with Crippen molar-refractivity contribution < 1.29 is 19.8 Å². The van der Waals surface area contributed by atoms with Gasteiger partial charge in [-0.3, -0.25) is 9.59 Å². The number of hydrogen-bond acceptors (Lipinski definition) is 3. The van der Waals surface area contributed by atoms with Crippen molar-refractivity contribution in [2.75, 3.05) is 0 Å². The summed E-state index contributed by atoms with van der Waals surface area (Å²) >= 11 is 0. The number of carbonyl (C=O) groups excluding carboxylic acids is 1. The van der Waals surface area contributed by atoms with Crippen LogP contribution in [0.3, 0.4) is 0 Å². The molecule has 0 heterocycles. The second-order valence-corrected chi connectivity index (χ2v) is 4.84. The predicted molar refractivity (Wildman–Crippen MR) is 79.6 cm³/mol. The van der Waals surface area contributed by atoms with Crippen molar-refractivity contribution in [1.82, 2.24) is 0 Å². The molecule has 1 aromatic rings. The molecule has 0 radical (unpaired) electrons. The number of benzene rings is 1. The summed E-state index contributed by atoms with van der Waals surface area (Å²) in [6, 6.07) is 9.35. The van der Waals surface area contributed by atoms with Crippen LogP contribution in [0.5, 0.6) is 0 Å². The molecule has 0 unspecified atom stereocenters. The van der Waals surface area contributed by atoms with Crippen molar-refractivity contribution in [3.63, 3.8) is 0 Å². The summed E-state index contributed by atoms with van der Waals surface area (Å²) < 4.78 is 0. The molecule has 0 bridgehead atoms. The Bertz CT molecular complexity index is 623. The Morgan fingerprint density at radius 2 is 1.95 bits per heavy atom. The van der Waals surface area contributed by atoms with Crippen LogP contribution < -0.4 is 0 Å². The molecular weight excluding hydrogens is 268 g/mol. The number of carboxylic acid groups (broad SMARTS) is 1. The lowest BCUT2D eigenvalue weighted by Crippen LogP contribution is -2.20. The molecule has 21 heavy (non-hydrogen) atoms. The fourth-order valence-corrected chi connectivity index (χ4v) is 2.31. The predicted octanol–water partition coefficient (Wildman–Crippen LogP) is 3.13. The number of aliphatic hydroxyl groups excluding tert-OH is 1. The standard InChI is InChI=1S/C17H16O4/c18-14-8-4-7-13(11-16(20)21)17(14)15(19)10-9-12-5-2-1-3-6-12/h1-6,8-10,13,19H,7,11H2,(H,20,21)/b10-9+,17-15-/t13-/m1/s1. The first-order valence-corrected chi connectivity index (χ1v) is 6.67. The van der Waals surface area contributed by atoms with Crippen LogP contribution in [0.15, 0.2) is 59.9 Å². The maximum atomic E-state index is 11.9. The molecule has 1 aromatic carbocycles. The van der Waals surface area contributed by atoms with Gasteiger partial charge in [-0.05, 0) is 24.1 Å². The monoisotopic (exact) mass is 284 g/mol. The molecule has 4 nitrogen and oxygen atoms in total. The molecule has 1 aliphatic carbocycles. The number of allylic oxidation sites excluding steroid dienone is 4. The van der Waals surface area contributed by atoms with E-state index in [1.807, 2.05) is 30.3 Å². The molecular formula is C17H16O4. The number of ketones is 1. The number of carboxylic acids is 1. The minimum atomic E-state index is -0.986. The van der Waals surface area contributed by atoms with Crippen molar-refractivity contribution >= 4 is 17.8 Å². The lowest BCUT2D eigenvalue weighted by molar-refractivity contribution is -0.137. The number of aliphatic carboxylic acids is 1. The van der Waals surface area contributed by atoms with E-state index >= 15 is 0 Å². The molecule has 1 atom stereocenters. The molecule has 0 saturated heterocycles. The average molecular weight is 284 g/mol. The SMILES string of the molecule is O=C(O)C[C@H]1CC=CC(=O)/C1=C(O)/C=C/c1ccccc1. The molecule has 0 aromatic heterocycles. The third-order valence-electron chi connectivity index (χ3n) is 3.29. The van der Waals surface area contributed by atoms with E-state index in [9.17, 15) is 14.7 Å². The van der Waals surface area contributed by atoms with Gasteiger partial charge in [-0.1, -0.05) is 42.5 Å². The van der Waals surface area contributed by atoms with Gasteiger partial charge in [-0.2, -0.15) is 0 Å². The lowest BCUT2D eigenvalue weighted by atomic mass is 9.84. The highest BCUT2D eigenvalue weighted by atomic mass is 16.4. The highest BCUT2D eigenvalue weighted by Gasteiger charge is 2.27. The van der Waals surface area contributed by atoms with Gasteiger partial charge in [0.25, 0.3) is 0 Å². The zero-order chi connectivity index (χ0) is 15.2. The summed E-state index contributed by atoms with van der Waals surface area (Å²) in [7, 11) is 0. The Balaban J connectivity index is 2.28. The molecule has 108 valence electrons. The summed E-state index contributed by atoms with van der Waals surface area (Å²) in [5, 5.41) is 19.0. The van der Waals surface area contributed by atoms with E-state index in [4.69, 9.17) is 5.11 Å². The van der Waals surface area contributed by atoms with Crippen LogP contribution in [-0.4, -0.2) is 22.0 Å². The van der Waals surface area contributed by atoms with Crippen LogP contribution in [0.25, 0.3) is 6.08 Å². The van der Waals surface area contributed by atoms with Crippen molar-refractivity contribution in [2.24, 2.45) is 5.92 Å². The van der Waals surface area contributed by atoms with E-state index in [0.29, 0.717) is 6.42 Å². The molecule has 2 N–H and O–H groups in total. The van der Waals surface area contributed by atoms with Crippen molar-refractivity contribution in [3.8, 4) is 0 Å². The normalized spacial score (nSPS) is 20.8. The van der Waals surface area contributed by atoms with Gasteiger partial charge in [-0.15, -0.1) is 0 Å². The third-order valence-corrected chi connectivity index (χ3v) is 3.29. The summed E-state index contributed by atoms with van der Waals surface area (Å²) in [5.41, 5.74) is 1.06. The van der Waals surface area contributed by atoms with Crippen molar-refractivity contribution in [3.05, 3.63) is 65.5 Å². The van der Waals surface area contributed by atoms with E-state index < -0.39 is 11.9 Å². The minimum Gasteiger partial charge on any atom is -0.508 e. The Kier molecular flexibility index (Phi) is 4.72. The van der Waals surface area contributed by atoms with E-state index in [1.165, 1.54) is 12.2 Å². The van der Waals surface area contributed by atoms with Gasteiger partial charge in [-0.25, -0.2) is 0 Å². The molecule has 2 rings (SSSR count). The third kappa shape index (κ3) is 3.92. The number of hydrogen-bond donors (Lipinski definition) is 2. The summed E-state index contributed by atoms with van der Waals surface area (Å²) in [6.45, 7) is 0. The largest absolute Gasteiger partial charge is 0.508 e. The Morgan fingerprint density at radius 3 is 2.62 bits per heavy atom. The van der Waals surface area contributed by atoms with E-state index in [-0.39, 0.29) is 23.5 Å². The van der Waals surface area contributed by atoms with Gasteiger partial charge >= 0.3 is 5.97 Å². The molecule has 0 amide bonds. The fraction of sp³-hybridized carbons (Fsp3) is 0.176. The van der Waals surface area contributed by atoms with Crippen molar-refractivity contribution in [2.45, 2.75) is 12.8 Å². The Labute approximate surface area is 122 Å². The van der Waals surface area contributed by atoms with Gasteiger partial charge in [0, 0.05) is 11.5 Å². The van der Waals surface area contributed by atoms with Gasteiger partial charge in [0.1, 0.15) is 5.76 Å². The molecule has 1 aliphatic rings. The van der Waals surface area contributed by atoms with Crippen LogP contribution >= 0.6 is 0 Å². The van der Waals surface area contributed by atoms with Crippen LogP contribution in [0, 0.1) is 5.92 Å². The summed E-state index contributed by atoms with van der Waals surface area (Å²) in [5.74, 6) is -1.97. The van der Waals surface area contributed by atoms with E-state index in [0.717, 1.165) is 5.56 Å². The number of aliphatic hydroxyl groups is 1. The zero-order valence-electron chi connectivity index (χ0n) is 11.4. The molecule has 4 heteroatoms. The lowest BCUT2D eigenvalue weighted by Gasteiger charge is -2.19.